The van der Waals surface area contributed by atoms with Crippen LogP contribution in [0, 0.1) is 5.92 Å². The molecule has 3 N–H and O–H groups in total. The van der Waals surface area contributed by atoms with Gasteiger partial charge >= 0.3 is 5.97 Å². The fraction of sp³-hybridized carbons (Fsp3) is 0.889. The van der Waals surface area contributed by atoms with E-state index in [4.69, 9.17) is 5.11 Å². The molecule has 1 fully saturated rings. The van der Waals surface area contributed by atoms with Crippen LogP contribution in [0.25, 0.3) is 0 Å². The van der Waals surface area contributed by atoms with E-state index in [0.29, 0.717) is 18.8 Å². The van der Waals surface area contributed by atoms with Crippen molar-refractivity contribution in [1.29, 1.82) is 0 Å². The summed E-state index contributed by atoms with van der Waals surface area (Å²) in [5.74, 6) is -0.821. The Kier molecular flexibility index (Phi) is 2.93. The molecule has 0 saturated heterocycles. The van der Waals surface area contributed by atoms with E-state index in [9.17, 15) is 15.0 Å². The summed E-state index contributed by atoms with van der Waals surface area (Å²) in [6.07, 6.45) is 0.672. The van der Waals surface area contributed by atoms with Gasteiger partial charge in [-0.15, -0.1) is 0 Å². The summed E-state index contributed by atoms with van der Waals surface area (Å²) < 4.78 is 0. The van der Waals surface area contributed by atoms with Gasteiger partial charge in [0.1, 0.15) is 5.60 Å². The van der Waals surface area contributed by atoms with E-state index in [1.165, 1.54) is 0 Å². The predicted molar refractivity (Wildman–Crippen MR) is 46.2 cm³/mol. The van der Waals surface area contributed by atoms with E-state index < -0.39 is 17.7 Å². The van der Waals surface area contributed by atoms with Crippen LogP contribution in [0.4, 0.5) is 0 Å². The quantitative estimate of drug-likeness (QED) is 0.585. The van der Waals surface area contributed by atoms with Crippen molar-refractivity contribution in [3.8, 4) is 0 Å². The highest BCUT2D eigenvalue weighted by molar-refractivity contribution is 5.73. The number of rotatable bonds is 2. The van der Waals surface area contributed by atoms with Crippen LogP contribution in [0.5, 0.6) is 0 Å². The molecule has 0 amide bonds. The molecule has 0 spiro atoms. The maximum atomic E-state index is 10.5. The van der Waals surface area contributed by atoms with Crippen molar-refractivity contribution in [2.24, 2.45) is 5.92 Å². The Hall–Kier alpha value is -0.610. The minimum atomic E-state index is -1.64. The molecule has 4 nitrogen and oxygen atoms in total. The van der Waals surface area contributed by atoms with Gasteiger partial charge in [-0.05, 0) is 31.6 Å². The molecule has 1 aliphatic carbocycles. The molecule has 1 aliphatic rings. The molecule has 76 valence electrons. The summed E-state index contributed by atoms with van der Waals surface area (Å²) in [4.78, 5) is 10.5. The van der Waals surface area contributed by atoms with E-state index in [-0.39, 0.29) is 0 Å². The Balaban J connectivity index is 2.61. The zero-order valence-corrected chi connectivity index (χ0v) is 7.73. The van der Waals surface area contributed by atoms with Crippen molar-refractivity contribution < 1.29 is 20.1 Å². The van der Waals surface area contributed by atoms with Gasteiger partial charge in [-0.25, -0.2) is 4.79 Å². The maximum absolute atomic E-state index is 10.5. The molecule has 0 aromatic rings. The lowest BCUT2D eigenvalue weighted by Crippen LogP contribution is -2.49. The van der Waals surface area contributed by atoms with Gasteiger partial charge in [0.2, 0.25) is 0 Å². The molecule has 0 heterocycles. The van der Waals surface area contributed by atoms with Crippen LogP contribution in [0.3, 0.4) is 0 Å². The van der Waals surface area contributed by atoms with E-state index >= 15 is 0 Å². The fourth-order valence-corrected chi connectivity index (χ4v) is 1.77. The minimum absolute atomic E-state index is 0.377. The molecular formula is C9H16O4. The van der Waals surface area contributed by atoms with Crippen LogP contribution < -0.4 is 0 Å². The number of aliphatic carboxylic acids is 1. The van der Waals surface area contributed by atoms with Crippen molar-refractivity contribution in [3.05, 3.63) is 0 Å². The van der Waals surface area contributed by atoms with Crippen molar-refractivity contribution in [3.63, 3.8) is 0 Å². The third kappa shape index (κ3) is 2.19. The summed E-state index contributed by atoms with van der Waals surface area (Å²) >= 11 is 0. The van der Waals surface area contributed by atoms with Crippen LogP contribution in [-0.4, -0.2) is 33.0 Å². The van der Waals surface area contributed by atoms with Crippen molar-refractivity contribution in [1.82, 2.24) is 0 Å². The number of carboxylic acids is 1. The zero-order valence-electron chi connectivity index (χ0n) is 7.73. The minimum Gasteiger partial charge on any atom is -0.479 e. The van der Waals surface area contributed by atoms with E-state index in [2.05, 4.69) is 6.92 Å². The smallest absolute Gasteiger partial charge is 0.335 e. The first-order valence-corrected chi connectivity index (χ1v) is 4.59. The SMILES string of the molecule is CC1CCC(O)(C(O)C(=O)O)CC1. The first kappa shape index (κ1) is 10.5. The Morgan fingerprint density at radius 2 is 1.92 bits per heavy atom. The monoisotopic (exact) mass is 188 g/mol. The second kappa shape index (κ2) is 3.64. The van der Waals surface area contributed by atoms with E-state index in [1.54, 1.807) is 0 Å². The van der Waals surface area contributed by atoms with Gasteiger partial charge in [-0.3, -0.25) is 0 Å². The molecule has 1 saturated carbocycles. The Morgan fingerprint density at radius 3 is 2.31 bits per heavy atom. The van der Waals surface area contributed by atoms with Crippen molar-refractivity contribution in [2.45, 2.75) is 44.3 Å². The van der Waals surface area contributed by atoms with Crippen LogP contribution in [0.2, 0.25) is 0 Å². The highest BCUT2D eigenvalue weighted by Crippen LogP contribution is 2.34. The number of carboxylic acid groups (broad SMARTS) is 1. The summed E-state index contributed by atoms with van der Waals surface area (Å²) in [6, 6.07) is 0. The summed E-state index contributed by atoms with van der Waals surface area (Å²) in [5.41, 5.74) is -1.40. The van der Waals surface area contributed by atoms with Crippen LogP contribution in [0.15, 0.2) is 0 Å². The van der Waals surface area contributed by atoms with Gasteiger partial charge in [0.15, 0.2) is 6.10 Å². The highest BCUT2D eigenvalue weighted by Gasteiger charge is 2.42. The second-order valence-electron chi connectivity index (χ2n) is 4.03. The van der Waals surface area contributed by atoms with Gasteiger partial charge in [-0.2, -0.15) is 0 Å². The van der Waals surface area contributed by atoms with Crippen LogP contribution in [-0.2, 0) is 4.79 Å². The van der Waals surface area contributed by atoms with Crippen LogP contribution >= 0.6 is 0 Å². The van der Waals surface area contributed by atoms with E-state index in [1.807, 2.05) is 0 Å². The summed E-state index contributed by atoms with van der Waals surface area (Å²) in [7, 11) is 0. The number of aliphatic hydroxyl groups is 2. The molecule has 4 heteroatoms. The van der Waals surface area contributed by atoms with Crippen molar-refractivity contribution >= 4 is 5.97 Å². The standard InChI is InChI=1S/C9H16O4/c1-6-2-4-9(13,5-3-6)7(10)8(11)12/h6-7,10,13H,2-5H2,1H3,(H,11,12). The van der Waals surface area contributed by atoms with Gasteiger partial charge in [0.05, 0.1) is 0 Å². The first-order valence-electron chi connectivity index (χ1n) is 4.59. The zero-order chi connectivity index (χ0) is 10.1. The first-order chi connectivity index (χ1) is 5.96. The second-order valence-corrected chi connectivity index (χ2v) is 4.03. The molecule has 0 aliphatic heterocycles. The third-order valence-electron chi connectivity index (χ3n) is 2.88. The number of hydrogen-bond donors (Lipinski definition) is 3. The lowest BCUT2D eigenvalue weighted by Gasteiger charge is -2.36. The Morgan fingerprint density at radius 1 is 1.46 bits per heavy atom. The van der Waals surface area contributed by atoms with Gasteiger partial charge in [0, 0.05) is 0 Å². The van der Waals surface area contributed by atoms with Crippen molar-refractivity contribution in [2.75, 3.05) is 0 Å². The number of aliphatic hydroxyl groups excluding tert-OH is 1. The Bertz CT molecular complexity index is 194. The molecule has 0 radical (unpaired) electrons. The average Bonchev–Trinajstić information content (AvgIpc) is 2.09. The molecule has 0 aromatic carbocycles. The van der Waals surface area contributed by atoms with Gasteiger partial charge in [0.25, 0.3) is 0 Å². The van der Waals surface area contributed by atoms with Gasteiger partial charge in [-0.1, -0.05) is 6.92 Å². The van der Waals surface area contributed by atoms with Crippen LogP contribution in [0.1, 0.15) is 32.6 Å². The highest BCUT2D eigenvalue weighted by atomic mass is 16.4. The largest absolute Gasteiger partial charge is 0.479 e. The molecule has 1 atom stereocenters. The molecule has 0 aromatic heterocycles. The summed E-state index contributed by atoms with van der Waals surface area (Å²) in [6.45, 7) is 2.06. The van der Waals surface area contributed by atoms with E-state index in [0.717, 1.165) is 12.8 Å². The molecule has 0 bridgehead atoms. The lowest BCUT2D eigenvalue weighted by molar-refractivity contribution is -0.168. The number of hydrogen-bond acceptors (Lipinski definition) is 3. The molecule has 1 rings (SSSR count). The molecular weight excluding hydrogens is 172 g/mol. The van der Waals surface area contributed by atoms with Gasteiger partial charge < -0.3 is 15.3 Å². The third-order valence-corrected chi connectivity index (χ3v) is 2.88. The Labute approximate surface area is 77.2 Å². The summed E-state index contributed by atoms with van der Waals surface area (Å²) in [5, 5.41) is 27.6. The fourth-order valence-electron chi connectivity index (χ4n) is 1.77. The lowest BCUT2D eigenvalue weighted by atomic mass is 9.76. The predicted octanol–water partition coefficient (Wildman–Crippen LogP) is 0.373. The normalized spacial score (nSPS) is 37.0. The maximum Gasteiger partial charge on any atom is 0.335 e. The number of carbonyl (C=O) groups is 1. The molecule has 1 unspecified atom stereocenters. The molecule has 13 heavy (non-hydrogen) atoms. The average molecular weight is 188 g/mol. The topological polar surface area (TPSA) is 77.8 Å².